The van der Waals surface area contributed by atoms with Gasteiger partial charge in [-0.2, -0.15) is 0 Å². The van der Waals surface area contributed by atoms with Crippen LogP contribution in [-0.4, -0.2) is 45.4 Å². The van der Waals surface area contributed by atoms with Crippen LogP contribution in [0.5, 0.6) is 0 Å². The third kappa shape index (κ3) is 3.78. The second-order valence-corrected chi connectivity index (χ2v) is 5.14. The molecule has 2 rings (SSSR count). The number of aromatic nitrogens is 3. The van der Waals surface area contributed by atoms with Crippen molar-refractivity contribution in [3.05, 3.63) is 29.3 Å². The first-order valence-corrected chi connectivity index (χ1v) is 7.15. The number of imidazole rings is 1. The number of hydrogen-bond acceptors (Lipinski definition) is 5. The second kappa shape index (κ2) is 6.67. The molecule has 2 aromatic heterocycles. The average Bonchev–Trinajstić information content (AvgIpc) is 2.85. The summed E-state index contributed by atoms with van der Waals surface area (Å²) in [5, 5.41) is 0. The fourth-order valence-electron chi connectivity index (χ4n) is 2.32. The number of hydrogen-bond donors (Lipinski definition) is 0. The predicted octanol–water partition coefficient (Wildman–Crippen LogP) is 1.73. The van der Waals surface area contributed by atoms with Crippen molar-refractivity contribution in [3.8, 4) is 0 Å². The molecule has 21 heavy (non-hydrogen) atoms. The standard InChI is InChI=1S/C15H22N4O2/c1-5-18(7-6-14(20)21-4)9-13-10-19-12(3)8-11(2)16-15(19)17-13/h8,10H,5-7,9H2,1-4H3. The molecule has 0 saturated heterocycles. The summed E-state index contributed by atoms with van der Waals surface area (Å²) in [5.74, 6) is 0.545. The molecule has 2 heterocycles. The van der Waals surface area contributed by atoms with Crippen molar-refractivity contribution in [3.63, 3.8) is 0 Å². The molecule has 6 nitrogen and oxygen atoms in total. The lowest BCUT2D eigenvalue weighted by Crippen LogP contribution is -2.26. The van der Waals surface area contributed by atoms with Crippen LogP contribution in [-0.2, 0) is 16.1 Å². The third-order valence-electron chi connectivity index (χ3n) is 3.50. The smallest absolute Gasteiger partial charge is 0.306 e. The molecule has 0 spiro atoms. The van der Waals surface area contributed by atoms with Crippen LogP contribution < -0.4 is 0 Å². The topological polar surface area (TPSA) is 59.7 Å². The molecule has 0 amide bonds. The zero-order chi connectivity index (χ0) is 15.4. The lowest BCUT2D eigenvalue weighted by Gasteiger charge is -2.18. The van der Waals surface area contributed by atoms with Gasteiger partial charge in [0, 0.05) is 30.7 Å². The number of methoxy groups -OCH3 is 1. The first-order valence-electron chi connectivity index (χ1n) is 7.15. The number of rotatable bonds is 6. The molecule has 0 N–H and O–H groups in total. The number of aryl methyl sites for hydroxylation is 2. The van der Waals surface area contributed by atoms with Crippen molar-refractivity contribution < 1.29 is 9.53 Å². The van der Waals surface area contributed by atoms with Gasteiger partial charge in [-0.15, -0.1) is 0 Å². The Labute approximate surface area is 124 Å². The number of carbonyl (C=O) groups is 1. The van der Waals surface area contributed by atoms with Crippen LogP contribution in [0.2, 0.25) is 0 Å². The summed E-state index contributed by atoms with van der Waals surface area (Å²) in [5.41, 5.74) is 3.05. The molecule has 0 fully saturated rings. The van der Waals surface area contributed by atoms with Crippen molar-refractivity contribution in [2.24, 2.45) is 0 Å². The van der Waals surface area contributed by atoms with Crippen LogP contribution in [0.15, 0.2) is 12.3 Å². The number of fused-ring (bicyclic) bond motifs is 1. The molecule has 0 aliphatic rings. The van der Waals surface area contributed by atoms with Crippen molar-refractivity contribution in [2.75, 3.05) is 20.2 Å². The molecule has 2 aromatic rings. The number of nitrogens with zero attached hydrogens (tertiary/aromatic N) is 4. The Morgan fingerprint density at radius 1 is 1.38 bits per heavy atom. The highest BCUT2D eigenvalue weighted by molar-refractivity contribution is 5.69. The molecule has 0 saturated carbocycles. The van der Waals surface area contributed by atoms with Crippen LogP contribution in [0, 0.1) is 13.8 Å². The summed E-state index contributed by atoms with van der Waals surface area (Å²) in [7, 11) is 1.41. The van der Waals surface area contributed by atoms with Gasteiger partial charge in [0.25, 0.3) is 0 Å². The van der Waals surface area contributed by atoms with E-state index in [2.05, 4.69) is 26.5 Å². The van der Waals surface area contributed by atoms with Crippen molar-refractivity contribution in [2.45, 2.75) is 33.7 Å². The van der Waals surface area contributed by atoms with E-state index in [1.807, 2.05) is 30.5 Å². The van der Waals surface area contributed by atoms with Gasteiger partial charge in [0.1, 0.15) is 0 Å². The molecular formula is C15H22N4O2. The Morgan fingerprint density at radius 2 is 2.14 bits per heavy atom. The van der Waals surface area contributed by atoms with Gasteiger partial charge in [-0.3, -0.25) is 14.1 Å². The average molecular weight is 290 g/mol. The summed E-state index contributed by atoms with van der Waals surface area (Å²) in [6.45, 7) is 8.31. The Bertz CT molecular complexity index is 636. The monoisotopic (exact) mass is 290 g/mol. The van der Waals surface area contributed by atoms with Gasteiger partial charge in [-0.05, 0) is 26.5 Å². The molecule has 0 aromatic carbocycles. The minimum Gasteiger partial charge on any atom is -0.469 e. The molecule has 0 bridgehead atoms. The molecular weight excluding hydrogens is 268 g/mol. The maximum absolute atomic E-state index is 11.2. The van der Waals surface area contributed by atoms with E-state index in [0.717, 1.165) is 29.4 Å². The number of esters is 1. The fraction of sp³-hybridized carbons (Fsp3) is 0.533. The summed E-state index contributed by atoms with van der Waals surface area (Å²) in [4.78, 5) is 22.4. The molecule has 0 atom stereocenters. The minimum absolute atomic E-state index is 0.184. The van der Waals surface area contributed by atoms with E-state index in [9.17, 15) is 4.79 Å². The van der Waals surface area contributed by atoms with E-state index < -0.39 is 0 Å². The van der Waals surface area contributed by atoms with Crippen LogP contribution >= 0.6 is 0 Å². The van der Waals surface area contributed by atoms with Crippen LogP contribution in [0.4, 0.5) is 0 Å². The van der Waals surface area contributed by atoms with Crippen molar-refractivity contribution >= 4 is 11.7 Å². The highest BCUT2D eigenvalue weighted by Gasteiger charge is 2.11. The van der Waals surface area contributed by atoms with Crippen LogP contribution in [0.3, 0.4) is 0 Å². The summed E-state index contributed by atoms with van der Waals surface area (Å²) >= 11 is 0. The molecule has 0 unspecified atom stereocenters. The molecule has 6 heteroatoms. The third-order valence-corrected chi connectivity index (χ3v) is 3.50. The first kappa shape index (κ1) is 15.4. The van der Waals surface area contributed by atoms with Crippen LogP contribution in [0.25, 0.3) is 5.78 Å². The van der Waals surface area contributed by atoms with Gasteiger partial charge >= 0.3 is 5.97 Å². The highest BCUT2D eigenvalue weighted by atomic mass is 16.5. The predicted molar refractivity (Wildman–Crippen MR) is 80.0 cm³/mol. The van der Waals surface area contributed by atoms with E-state index >= 15 is 0 Å². The number of carbonyl (C=O) groups excluding carboxylic acids is 1. The van der Waals surface area contributed by atoms with E-state index in [1.165, 1.54) is 7.11 Å². The Kier molecular flexibility index (Phi) is 4.90. The second-order valence-electron chi connectivity index (χ2n) is 5.14. The summed E-state index contributed by atoms with van der Waals surface area (Å²) < 4.78 is 6.67. The van der Waals surface area contributed by atoms with Crippen molar-refractivity contribution in [1.29, 1.82) is 0 Å². The summed E-state index contributed by atoms with van der Waals surface area (Å²) in [6, 6.07) is 2.04. The Hall–Kier alpha value is -1.95. The minimum atomic E-state index is -0.184. The normalized spacial score (nSPS) is 11.3. The van der Waals surface area contributed by atoms with E-state index in [-0.39, 0.29) is 5.97 Å². The van der Waals surface area contributed by atoms with Gasteiger partial charge in [0.2, 0.25) is 5.78 Å². The van der Waals surface area contributed by atoms with Crippen molar-refractivity contribution in [1.82, 2.24) is 19.3 Å². The van der Waals surface area contributed by atoms with E-state index in [4.69, 9.17) is 0 Å². The van der Waals surface area contributed by atoms with Crippen LogP contribution in [0.1, 0.15) is 30.4 Å². The SMILES string of the molecule is CCN(CCC(=O)OC)Cc1cn2c(C)cc(C)nc2n1. The molecule has 0 aliphatic carbocycles. The summed E-state index contributed by atoms with van der Waals surface area (Å²) in [6.07, 6.45) is 2.41. The van der Waals surface area contributed by atoms with E-state index in [0.29, 0.717) is 19.5 Å². The van der Waals surface area contributed by atoms with Gasteiger partial charge in [-0.1, -0.05) is 6.92 Å². The largest absolute Gasteiger partial charge is 0.469 e. The maximum Gasteiger partial charge on any atom is 0.306 e. The van der Waals surface area contributed by atoms with Gasteiger partial charge in [0.15, 0.2) is 0 Å². The fourth-order valence-corrected chi connectivity index (χ4v) is 2.32. The Balaban J connectivity index is 2.10. The molecule has 114 valence electrons. The quantitative estimate of drug-likeness (QED) is 0.758. The van der Waals surface area contributed by atoms with E-state index in [1.54, 1.807) is 0 Å². The first-order chi connectivity index (χ1) is 10.0. The molecule has 0 aliphatic heterocycles. The zero-order valence-electron chi connectivity index (χ0n) is 13.1. The zero-order valence-corrected chi connectivity index (χ0v) is 13.1. The molecule has 0 radical (unpaired) electrons. The van der Waals surface area contributed by atoms with Gasteiger partial charge < -0.3 is 4.74 Å². The lowest BCUT2D eigenvalue weighted by molar-refractivity contribution is -0.141. The van der Waals surface area contributed by atoms with Gasteiger partial charge in [0.05, 0.1) is 19.2 Å². The maximum atomic E-state index is 11.2. The Morgan fingerprint density at radius 3 is 2.81 bits per heavy atom. The highest BCUT2D eigenvalue weighted by Crippen LogP contribution is 2.10. The van der Waals surface area contributed by atoms with Gasteiger partial charge in [-0.25, -0.2) is 9.97 Å². The number of ether oxygens (including phenoxy) is 1. The lowest BCUT2D eigenvalue weighted by atomic mass is 10.3.